The summed E-state index contributed by atoms with van der Waals surface area (Å²) in [5, 5.41) is 12.5. The summed E-state index contributed by atoms with van der Waals surface area (Å²) in [6.45, 7) is 1.20. The Morgan fingerprint density at radius 2 is 1.94 bits per heavy atom. The minimum absolute atomic E-state index is 0.0819. The Kier molecular flexibility index (Phi) is 5.15. The van der Waals surface area contributed by atoms with Gasteiger partial charge in [0, 0.05) is 6.54 Å². The van der Waals surface area contributed by atoms with E-state index < -0.39 is 12.7 Å². The summed E-state index contributed by atoms with van der Waals surface area (Å²) in [6.07, 6.45) is -0.533. The molecule has 1 aromatic carbocycles. The van der Waals surface area contributed by atoms with E-state index in [1.54, 1.807) is 18.2 Å². The Bertz CT molecular complexity index is 345. The lowest BCUT2D eigenvalue weighted by atomic mass is 10.1. The molecule has 17 heavy (non-hydrogen) atoms. The first-order valence-electron chi connectivity index (χ1n) is 5.46. The average Bonchev–Trinajstić information content (AvgIpc) is 2.26. The lowest BCUT2D eigenvalue weighted by molar-refractivity contribution is -0.0493. The molecule has 1 rings (SSSR count). The molecule has 0 aliphatic rings. The molecule has 3 nitrogen and oxygen atoms in total. The first-order chi connectivity index (χ1) is 8.00. The van der Waals surface area contributed by atoms with E-state index in [-0.39, 0.29) is 11.7 Å². The van der Waals surface area contributed by atoms with Crippen LogP contribution in [-0.2, 0) is 0 Å². The smallest absolute Gasteiger partial charge is 0.387 e. The van der Waals surface area contributed by atoms with Gasteiger partial charge in [0.15, 0.2) is 0 Å². The van der Waals surface area contributed by atoms with Crippen LogP contribution in [0.15, 0.2) is 24.3 Å². The number of anilines is 1. The van der Waals surface area contributed by atoms with Crippen molar-refractivity contribution in [1.29, 1.82) is 0 Å². The predicted molar refractivity (Wildman–Crippen MR) is 62.4 cm³/mol. The molecule has 1 unspecified atom stereocenters. The lowest BCUT2D eigenvalue weighted by Gasteiger charge is -2.17. The van der Waals surface area contributed by atoms with Crippen LogP contribution in [0.5, 0.6) is 5.75 Å². The molecular weight excluding hydrogens is 228 g/mol. The van der Waals surface area contributed by atoms with Gasteiger partial charge >= 0.3 is 6.61 Å². The Hall–Kier alpha value is -1.36. The largest absolute Gasteiger partial charge is 0.433 e. The summed E-state index contributed by atoms with van der Waals surface area (Å²) in [7, 11) is 0. The highest BCUT2D eigenvalue weighted by Gasteiger charge is 2.12. The molecule has 0 fully saturated rings. The number of hydrogen-bond acceptors (Lipinski definition) is 3. The second-order valence-electron chi connectivity index (χ2n) is 4.07. The van der Waals surface area contributed by atoms with Crippen molar-refractivity contribution in [3.05, 3.63) is 24.3 Å². The van der Waals surface area contributed by atoms with Gasteiger partial charge in [0.2, 0.25) is 0 Å². The average molecular weight is 245 g/mol. The van der Waals surface area contributed by atoms with Crippen molar-refractivity contribution in [1.82, 2.24) is 0 Å². The van der Waals surface area contributed by atoms with Gasteiger partial charge < -0.3 is 15.2 Å². The van der Waals surface area contributed by atoms with Crippen LogP contribution < -0.4 is 10.1 Å². The van der Waals surface area contributed by atoms with E-state index >= 15 is 0 Å². The van der Waals surface area contributed by atoms with E-state index in [0.717, 1.165) is 0 Å². The third-order valence-corrected chi connectivity index (χ3v) is 2.37. The van der Waals surface area contributed by atoms with E-state index in [1.165, 1.54) is 6.07 Å². The second-order valence-corrected chi connectivity index (χ2v) is 4.07. The summed E-state index contributed by atoms with van der Waals surface area (Å²) in [4.78, 5) is 0. The highest BCUT2D eigenvalue weighted by Crippen LogP contribution is 2.25. The number of benzene rings is 1. The number of aliphatic hydroxyl groups excluding tert-OH is 1. The van der Waals surface area contributed by atoms with Crippen molar-refractivity contribution >= 4 is 5.69 Å². The molecule has 0 saturated heterocycles. The fourth-order valence-electron chi connectivity index (χ4n) is 1.26. The summed E-state index contributed by atoms with van der Waals surface area (Å²) in [5.74, 6) is 0.184. The van der Waals surface area contributed by atoms with Crippen molar-refractivity contribution in [3.8, 4) is 5.75 Å². The molecule has 0 spiro atoms. The fourth-order valence-corrected chi connectivity index (χ4v) is 1.26. The highest BCUT2D eigenvalue weighted by molar-refractivity contribution is 5.56. The maximum absolute atomic E-state index is 12.1. The third kappa shape index (κ3) is 4.56. The molecular formula is C12H17F2NO2. The molecule has 0 bridgehead atoms. The van der Waals surface area contributed by atoms with E-state index in [2.05, 4.69) is 10.1 Å². The molecule has 0 heterocycles. The van der Waals surface area contributed by atoms with Gasteiger partial charge in [-0.05, 0) is 18.1 Å². The molecule has 0 aliphatic heterocycles. The maximum Gasteiger partial charge on any atom is 0.387 e. The summed E-state index contributed by atoms with van der Waals surface area (Å²) in [6, 6.07) is 6.41. The van der Waals surface area contributed by atoms with Crippen LogP contribution in [0.3, 0.4) is 0 Å². The van der Waals surface area contributed by atoms with E-state index in [0.29, 0.717) is 12.2 Å². The zero-order valence-corrected chi connectivity index (χ0v) is 9.86. The van der Waals surface area contributed by atoms with Gasteiger partial charge in [-0.25, -0.2) is 0 Å². The predicted octanol–water partition coefficient (Wildman–Crippen LogP) is 2.72. The molecule has 0 radical (unpaired) electrons. The third-order valence-electron chi connectivity index (χ3n) is 2.37. The summed E-state index contributed by atoms with van der Waals surface area (Å²) >= 11 is 0. The first kappa shape index (κ1) is 13.7. The molecule has 0 amide bonds. The number of rotatable bonds is 6. The molecule has 2 N–H and O–H groups in total. The number of nitrogens with one attached hydrogen (secondary N) is 1. The Morgan fingerprint density at radius 1 is 1.29 bits per heavy atom. The fraction of sp³-hybridized carbons (Fsp3) is 0.500. The first-order valence-corrected chi connectivity index (χ1v) is 5.46. The van der Waals surface area contributed by atoms with Crippen LogP contribution in [0.2, 0.25) is 0 Å². The molecule has 0 aromatic heterocycles. The van der Waals surface area contributed by atoms with E-state index in [9.17, 15) is 13.9 Å². The lowest BCUT2D eigenvalue weighted by Crippen LogP contribution is -2.25. The number of para-hydroxylation sites is 2. The molecule has 0 aliphatic carbocycles. The van der Waals surface area contributed by atoms with Crippen LogP contribution >= 0.6 is 0 Å². The maximum atomic E-state index is 12.1. The second kappa shape index (κ2) is 6.39. The van der Waals surface area contributed by atoms with Crippen LogP contribution in [-0.4, -0.2) is 24.4 Å². The van der Waals surface area contributed by atoms with E-state index in [1.807, 2.05) is 13.8 Å². The van der Waals surface area contributed by atoms with E-state index in [4.69, 9.17) is 0 Å². The molecule has 96 valence electrons. The number of halogens is 2. The van der Waals surface area contributed by atoms with Gasteiger partial charge in [-0.2, -0.15) is 8.78 Å². The van der Waals surface area contributed by atoms with Gasteiger partial charge in [-0.1, -0.05) is 26.0 Å². The molecule has 5 heteroatoms. The summed E-state index contributed by atoms with van der Waals surface area (Å²) < 4.78 is 28.6. The van der Waals surface area contributed by atoms with Crippen LogP contribution in [0, 0.1) is 5.92 Å². The van der Waals surface area contributed by atoms with Crippen molar-refractivity contribution in [2.75, 3.05) is 11.9 Å². The normalized spacial score (nSPS) is 12.9. The molecule has 1 atom stereocenters. The Morgan fingerprint density at radius 3 is 2.53 bits per heavy atom. The van der Waals surface area contributed by atoms with Crippen LogP contribution in [0.1, 0.15) is 13.8 Å². The standard InChI is InChI=1S/C12H17F2NO2/c1-8(2)10(16)7-15-9-5-3-4-6-11(9)17-12(13)14/h3-6,8,10,12,15-16H,7H2,1-2H3. The number of alkyl halides is 2. The van der Waals surface area contributed by atoms with Crippen molar-refractivity contribution in [3.63, 3.8) is 0 Å². The van der Waals surface area contributed by atoms with Gasteiger partial charge in [0.05, 0.1) is 11.8 Å². The van der Waals surface area contributed by atoms with Crippen LogP contribution in [0.25, 0.3) is 0 Å². The minimum atomic E-state index is -2.85. The van der Waals surface area contributed by atoms with Crippen molar-refractivity contribution < 1.29 is 18.6 Å². The van der Waals surface area contributed by atoms with Gasteiger partial charge in [0.25, 0.3) is 0 Å². The topological polar surface area (TPSA) is 41.5 Å². The number of ether oxygens (including phenoxy) is 1. The molecule has 1 aromatic rings. The number of aliphatic hydroxyl groups is 1. The Labute approximate surface area is 99.4 Å². The SMILES string of the molecule is CC(C)C(O)CNc1ccccc1OC(F)F. The van der Waals surface area contributed by atoms with Crippen molar-refractivity contribution in [2.45, 2.75) is 26.6 Å². The monoisotopic (exact) mass is 245 g/mol. The van der Waals surface area contributed by atoms with Gasteiger partial charge in [-0.3, -0.25) is 0 Å². The molecule has 0 saturated carbocycles. The quantitative estimate of drug-likeness (QED) is 0.809. The summed E-state index contributed by atoms with van der Waals surface area (Å²) in [5.41, 5.74) is 0.451. The number of hydrogen-bond donors (Lipinski definition) is 2. The highest BCUT2D eigenvalue weighted by atomic mass is 19.3. The van der Waals surface area contributed by atoms with Crippen LogP contribution in [0.4, 0.5) is 14.5 Å². The Balaban J connectivity index is 2.63. The van der Waals surface area contributed by atoms with Gasteiger partial charge in [-0.15, -0.1) is 0 Å². The van der Waals surface area contributed by atoms with Gasteiger partial charge in [0.1, 0.15) is 5.75 Å². The zero-order valence-electron chi connectivity index (χ0n) is 9.86. The van der Waals surface area contributed by atoms with Crippen molar-refractivity contribution in [2.24, 2.45) is 5.92 Å². The minimum Gasteiger partial charge on any atom is -0.433 e. The zero-order chi connectivity index (χ0) is 12.8.